The van der Waals surface area contributed by atoms with Crippen molar-refractivity contribution in [2.75, 3.05) is 24.8 Å². The van der Waals surface area contributed by atoms with Gasteiger partial charge in [-0.1, -0.05) is 6.92 Å². The van der Waals surface area contributed by atoms with Gasteiger partial charge in [-0.2, -0.15) is 0 Å². The Balaban J connectivity index is 2.23. The summed E-state index contributed by atoms with van der Waals surface area (Å²) in [6.45, 7) is 2.60. The molecule has 0 aliphatic carbocycles. The second-order valence-electron chi connectivity index (χ2n) is 4.57. The van der Waals surface area contributed by atoms with E-state index in [1.165, 1.54) is 13.2 Å². The van der Waals surface area contributed by atoms with Gasteiger partial charge in [-0.15, -0.1) is 0 Å². The maximum atomic E-state index is 13.8. The minimum atomic E-state index is -0.358. The monoisotopic (exact) mass is 290 g/mol. The molecule has 0 aromatic heterocycles. The highest BCUT2D eigenvalue weighted by molar-refractivity contribution is 5.67. The number of rotatable bonds is 6. The van der Waals surface area contributed by atoms with Gasteiger partial charge in [0, 0.05) is 17.8 Å². The maximum Gasteiger partial charge on any atom is 0.146 e. The lowest BCUT2D eigenvalue weighted by Gasteiger charge is -2.13. The van der Waals surface area contributed by atoms with E-state index in [9.17, 15) is 4.39 Å². The molecule has 0 saturated heterocycles. The molecule has 0 amide bonds. The van der Waals surface area contributed by atoms with Crippen LogP contribution in [-0.4, -0.2) is 13.7 Å². The van der Waals surface area contributed by atoms with Gasteiger partial charge in [-0.05, 0) is 30.7 Å². The van der Waals surface area contributed by atoms with E-state index < -0.39 is 0 Å². The zero-order valence-electron chi connectivity index (χ0n) is 12.2. The van der Waals surface area contributed by atoms with Crippen LogP contribution in [0.4, 0.5) is 21.5 Å². The predicted molar refractivity (Wildman–Crippen MR) is 82.9 cm³/mol. The molecule has 0 heterocycles. The summed E-state index contributed by atoms with van der Waals surface area (Å²) in [4.78, 5) is 0. The number of hydrogen-bond donors (Lipinski definition) is 2. The Labute approximate surface area is 123 Å². The van der Waals surface area contributed by atoms with E-state index in [2.05, 4.69) is 5.32 Å². The molecule has 0 aliphatic rings. The molecule has 2 aromatic carbocycles. The first kappa shape index (κ1) is 15.0. The van der Waals surface area contributed by atoms with E-state index in [0.29, 0.717) is 35.2 Å². The number of methoxy groups -OCH3 is 1. The van der Waals surface area contributed by atoms with Gasteiger partial charge >= 0.3 is 0 Å². The third-order valence-electron chi connectivity index (χ3n) is 2.93. The highest BCUT2D eigenvalue weighted by Crippen LogP contribution is 2.29. The fourth-order valence-corrected chi connectivity index (χ4v) is 1.83. The summed E-state index contributed by atoms with van der Waals surface area (Å²) in [7, 11) is 1.54. The van der Waals surface area contributed by atoms with E-state index in [1.807, 2.05) is 6.92 Å². The second-order valence-corrected chi connectivity index (χ2v) is 4.57. The molecule has 21 heavy (non-hydrogen) atoms. The lowest BCUT2D eigenvalue weighted by molar-refractivity contribution is 0.319. The van der Waals surface area contributed by atoms with Gasteiger partial charge in [-0.25, -0.2) is 4.39 Å². The van der Waals surface area contributed by atoms with Gasteiger partial charge in [0.05, 0.1) is 25.1 Å². The average Bonchev–Trinajstić information content (AvgIpc) is 2.50. The van der Waals surface area contributed by atoms with Crippen LogP contribution in [-0.2, 0) is 0 Å². The fraction of sp³-hybridized carbons (Fsp3) is 0.250. The molecule has 5 heteroatoms. The van der Waals surface area contributed by atoms with Crippen LogP contribution in [0.1, 0.15) is 13.3 Å². The smallest absolute Gasteiger partial charge is 0.146 e. The zero-order valence-corrected chi connectivity index (χ0v) is 12.2. The fourth-order valence-electron chi connectivity index (χ4n) is 1.83. The largest absolute Gasteiger partial charge is 0.497 e. The lowest BCUT2D eigenvalue weighted by atomic mass is 10.2. The SMILES string of the molecule is CCCOc1cc(Nc2cc(OC)ccc2F)ccc1N. The second kappa shape index (κ2) is 6.83. The molecule has 112 valence electrons. The van der Waals surface area contributed by atoms with Gasteiger partial charge in [0.15, 0.2) is 0 Å². The molecule has 2 aromatic rings. The number of ether oxygens (including phenoxy) is 2. The van der Waals surface area contributed by atoms with Crippen molar-refractivity contribution in [2.45, 2.75) is 13.3 Å². The van der Waals surface area contributed by atoms with Crippen LogP contribution in [0, 0.1) is 5.82 Å². The Morgan fingerprint density at radius 3 is 2.71 bits per heavy atom. The van der Waals surface area contributed by atoms with Gasteiger partial charge in [0.1, 0.15) is 17.3 Å². The molecular weight excluding hydrogens is 271 g/mol. The molecule has 0 saturated carbocycles. The first-order chi connectivity index (χ1) is 10.1. The van der Waals surface area contributed by atoms with Crippen molar-refractivity contribution in [3.05, 3.63) is 42.2 Å². The molecule has 0 radical (unpaired) electrons. The van der Waals surface area contributed by atoms with E-state index in [-0.39, 0.29) is 5.82 Å². The molecule has 0 atom stereocenters. The topological polar surface area (TPSA) is 56.5 Å². The number of nitrogens with one attached hydrogen (secondary N) is 1. The minimum Gasteiger partial charge on any atom is -0.497 e. The van der Waals surface area contributed by atoms with E-state index in [4.69, 9.17) is 15.2 Å². The van der Waals surface area contributed by atoms with Crippen LogP contribution >= 0.6 is 0 Å². The maximum absolute atomic E-state index is 13.8. The molecule has 0 bridgehead atoms. The summed E-state index contributed by atoms with van der Waals surface area (Å²) in [5.74, 6) is 0.811. The van der Waals surface area contributed by atoms with Gasteiger partial charge in [-0.3, -0.25) is 0 Å². The van der Waals surface area contributed by atoms with Gasteiger partial charge < -0.3 is 20.5 Å². The quantitative estimate of drug-likeness (QED) is 0.791. The van der Waals surface area contributed by atoms with Crippen LogP contribution in [0.2, 0.25) is 0 Å². The number of benzene rings is 2. The molecule has 2 rings (SSSR count). The van der Waals surface area contributed by atoms with Crippen molar-refractivity contribution in [3.63, 3.8) is 0 Å². The highest BCUT2D eigenvalue weighted by Gasteiger charge is 2.07. The number of hydrogen-bond acceptors (Lipinski definition) is 4. The Morgan fingerprint density at radius 2 is 2.00 bits per heavy atom. The molecule has 4 nitrogen and oxygen atoms in total. The van der Waals surface area contributed by atoms with Crippen molar-refractivity contribution in [3.8, 4) is 11.5 Å². The molecular formula is C16H19FN2O2. The summed E-state index contributed by atoms with van der Waals surface area (Å²) in [5.41, 5.74) is 7.44. The number of nitrogens with two attached hydrogens (primary N) is 1. The summed E-state index contributed by atoms with van der Waals surface area (Å²) < 4.78 is 24.4. The lowest BCUT2D eigenvalue weighted by Crippen LogP contribution is -2.01. The van der Waals surface area contributed by atoms with Crippen LogP contribution in [0.5, 0.6) is 11.5 Å². The van der Waals surface area contributed by atoms with E-state index in [0.717, 1.165) is 6.42 Å². The third kappa shape index (κ3) is 3.78. The summed E-state index contributed by atoms with van der Waals surface area (Å²) in [5, 5.41) is 3.00. The normalized spacial score (nSPS) is 10.2. The average molecular weight is 290 g/mol. The molecule has 0 spiro atoms. The first-order valence-corrected chi connectivity index (χ1v) is 6.77. The van der Waals surface area contributed by atoms with E-state index >= 15 is 0 Å². The molecule has 0 fully saturated rings. The molecule has 0 unspecified atom stereocenters. The van der Waals surface area contributed by atoms with Crippen molar-refractivity contribution < 1.29 is 13.9 Å². The Bertz CT molecular complexity index is 617. The summed E-state index contributed by atoms with van der Waals surface area (Å²) in [6, 6.07) is 9.77. The first-order valence-electron chi connectivity index (χ1n) is 6.77. The molecule has 3 N–H and O–H groups in total. The van der Waals surface area contributed by atoms with Crippen LogP contribution in [0.3, 0.4) is 0 Å². The predicted octanol–water partition coefficient (Wildman–Crippen LogP) is 3.95. The third-order valence-corrected chi connectivity index (χ3v) is 2.93. The Hall–Kier alpha value is -2.43. The highest BCUT2D eigenvalue weighted by atomic mass is 19.1. The summed E-state index contributed by atoms with van der Waals surface area (Å²) >= 11 is 0. The standard InChI is InChI=1S/C16H19FN2O2/c1-3-8-21-16-9-11(4-7-14(16)18)19-15-10-12(20-2)5-6-13(15)17/h4-7,9-10,19H,3,8,18H2,1-2H3. The van der Waals surface area contributed by atoms with Crippen LogP contribution in [0.25, 0.3) is 0 Å². The Morgan fingerprint density at radius 1 is 1.19 bits per heavy atom. The number of nitrogen functional groups attached to an aromatic ring is 1. The summed E-state index contributed by atoms with van der Waals surface area (Å²) in [6.07, 6.45) is 0.890. The van der Waals surface area contributed by atoms with Crippen LogP contribution in [0.15, 0.2) is 36.4 Å². The molecule has 0 aliphatic heterocycles. The van der Waals surface area contributed by atoms with Crippen LogP contribution < -0.4 is 20.5 Å². The Kier molecular flexibility index (Phi) is 4.87. The van der Waals surface area contributed by atoms with E-state index in [1.54, 1.807) is 30.3 Å². The zero-order chi connectivity index (χ0) is 15.2. The van der Waals surface area contributed by atoms with Crippen molar-refractivity contribution in [1.82, 2.24) is 0 Å². The van der Waals surface area contributed by atoms with Crippen molar-refractivity contribution in [2.24, 2.45) is 0 Å². The van der Waals surface area contributed by atoms with Crippen molar-refractivity contribution in [1.29, 1.82) is 0 Å². The number of anilines is 3. The van der Waals surface area contributed by atoms with Crippen molar-refractivity contribution >= 4 is 17.1 Å². The van der Waals surface area contributed by atoms with Gasteiger partial charge in [0.25, 0.3) is 0 Å². The number of halogens is 1. The van der Waals surface area contributed by atoms with Gasteiger partial charge in [0.2, 0.25) is 0 Å². The minimum absolute atomic E-state index is 0.334.